The first-order valence-electron chi connectivity index (χ1n) is 7.16. The van der Waals surface area contributed by atoms with Crippen molar-refractivity contribution in [2.45, 2.75) is 13.0 Å². The second-order valence-corrected chi connectivity index (χ2v) is 6.07. The van der Waals surface area contributed by atoms with Crippen LogP contribution in [0.2, 0.25) is 5.02 Å². The zero-order chi connectivity index (χ0) is 14.5. The van der Waals surface area contributed by atoms with E-state index in [1.165, 1.54) is 18.0 Å². The third-order valence-electron chi connectivity index (χ3n) is 3.76. The Balaban J connectivity index is 1.82. The van der Waals surface area contributed by atoms with E-state index >= 15 is 0 Å². The van der Waals surface area contributed by atoms with Crippen LogP contribution in [0.25, 0.3) is 0 Å². The lowest BCUT2D eigenvalue weighted by Crippen LogP contribution is -3.27. The molecule has 4 nitrogen and oxygen atoms in total. The third-order valence-corrected chi connectivity index (χ3v) is 3.99. The lowest BCUT2D eigenvalue weighted by molar-refractivity contribution is -1.00. The van der Waals surface area contributed by atoms with Gasteiger partial charge >= 0.3 is 5.97 Å². The molecule has 0 saturated carbocycles. The first-order chi connectivity index (χ1) is 9.54. The molecule has 0 spiro atoms. The summed E-state index contributed by atoms with van der Waals surface area (Å²) in [5.41, 5.74) is 0.516. The van der Waals surface area contributed by atoms with Gasteiger partial charge in [-0.3, -0.25) is 0 Å². The number of carbonyl (C=O) groups is 1. The maximum atomic E-state index is 12.0. The highest BCUT2D eigenvalue weighted by atomic mass is 35.5. The molecule has 1 heterocycles. The smallest absolute Gasteiger partial charge is 0.338 e. The van der Waals surface area contributed by atoms with Crippen molar-refractivity contribution in [2.75, 3.05) is 39.8 Å². The van der Waals surface area contributed by atoms with Crippen LogP contribution in [0.15, 0.2) is 24.3 Å². The predicted octanol–water partition coefficient (Wildman–Crippen LogP) is -0.701. The SMILES string of the molecule is CC(C[NH+]1CC[NH+](C)CC1)OC(=O)c1cccc(Cl)c1. The molecule has 1 aromatic carbocycles. The molecule has 110 valence electrons. The minimum atomic E-state index is -0.292. The van der Waals surface area contributed by atoms with E-state index < -0.39 is 0 Å². The summed E-state index contributed by atoms with van der Waals surface area (Å²) < 4.78 is 5.50. The van der Waals surface area contributed by atoms with Crippen LogP contribution in [-0.4, -0.2) is 51.8 Å². The van der Waals surface area contributed by atoms with Crippen LogP contribution in [0, 0.1) is 0 Å². The van der Waals surface area contributed by atoms with Crippen molar-refractivity contribution in [3.8, 4) is 0 Å². The Hall–Kier alpha value is -1.10. The molecule has 20 heavy (non-hydrogen) atoms. The lowest BCUT2D eigenvalue weighted by Gasteiger charge is -2.28. The van der Waals surface area contributed by atoms with Gasteiger partial charge in [-0.25, -0.2) is 4.79 Å². The minimum Gasteiger partial charge on any atom is -0.453 e. The largest absolute Gasteiger partial charge is 0.453 e. The fraction of sp³-hybridized carbons (Fsp3) is 0.533. The molecule has 1 fully saturated rings. The van der Waals surface area contributed by atoms with E-state index in [-0.39, 0.29) is 12.1 Å². The molecule has 5 heteroatoms. The highest BCUT2D eigenvalue weighted by Crippen LogP contribution is 2.12. The third kappa shape index (κ3) is 4.47. The number of benzene rings is 1. The van der Waals surface area contributed by atoms with Gasteiger partial charge in [0.05, 0.1) is 12.6 Å². The fourth-order valence-electron chi connectivity index (χ4n) is 2.55. The number of esters is 1. The lowest BCUT2D eigenvalue weighted by atomic mass is 10.2. The number of nitrogens with one attached hydrogen (secondary N) is 2. The molecular formula is C15H23ClN2O2+2. The first-order valence-corrected chi connectivity index (χ1v) is 7.54. The molecule has 0 amide bonds. The summed E-state index contributed by atoms with van der Waals surface area (Å²) in [5, 5.41) is 0.555. The molecule has 1 aliphatic rings. The summed E-state index contributed by atoms with van der Waals surface area (Å²) in [5.74, 6) is -0.292. The van der Waals surface area contributed by atoms with Crippen molar-refractivity contribution in [1.29, 1.82) is 0 Å². The normalized spacial score (nSPS) is 24.1. The molecule has 2 rings (SSSR count). The zero-order valence-corrected chi connectivity index (χ0v) is 12.9. The standard InChI is InChI=1S/C15H21ClN2O2/c1-12(11-18-8-6-17(2)7-9-18)20-15(19)13-4-3-5-14(16)10-13/h3-5,10,12H,6-9,11H2,1-2H3/p+2. The monoisotopic (exact) mass is 298 g/mol. The van der Waals surface area contributed by atoms with Crippen LogP contribution in [0.5, 0.6) is 0 Å². The van der Waals surface area contributed by atoms with Gasteiger partial charge in [0, 0.05) is 5.02 Å². The van der Waals surface area contributed by atoms with Crippen molar-refractivity contribution < 1.29 is 19.3 Å². The van der Waals surface area contributed by atoms with Gasteiger partial charge in [-0.2, -0.15) is 0 Å². The molecule has 1 atom stereocenters. The van der Waals surface area contributed by atoms with Gasteiger partial charge in [0.15, 0.2) is 0 Å². The van der Waals surface area contributed by atoms with Crippen molar-refractivity contribution >= 4 is 17.6 Å². The Labute approximate surface area is 125 Å². The van der Waals surface area contributed by atoms with Crippen molar-refractivity contribution in [1.82, 2.24) is 0 Å². The summed E-state index contributed by atoms with van der Waals surface area (Å²) in [6, 6.07) is 6.88. The molecule has 1 aliphatic heterocycles. The predicted molar refractivity (Wildman–Crippen MR) is 78.5 cm³/mol. The van der Waals surface area contributed by atoms with E-state index in [4.69, 9.17) is 16.3 Å². The van der Waals surface area contributed by atoms with E-state index in [2.05, 4.69) is 7.05 Å². The summed E-state index contributed by atoms with van der Waals surface area (Å²) in [6.07, 6.45) is -0.0742. The van der Waals surface area contributed by atoms with Gasteiger partial charge in [-0.15, -0.1) is 0 Å². The van der Waals surface area contributed by atoms with Crippen molar-refractivity contribution in [3.63, 3.8) is 0 Å². The Morgan fingerprint density at radius 3 is 2.70 bits per heavy atom. The number of piperazine rings is 1. The average Bonchev–Trinajstić information content (AvgIpc) is 2.41. The summed E-state index contributed by atoms with van der Waals surface area (Å²) in [4.78, 5) is 15.1. The van der Waals surface area contributed by atoms with E-state index in [0.717, 1.165) is 19.6 Å². The number of rotatable bonds is 4. The van der Waals surface area contributed by atoms with Gasteiger partial charge in [0.2, 0.25) is 0 Å². The Bertz CT molecular complexity index is 459. The van der Waals surface area contributed by atoms with Gasteiger partial charge in [0.1, 0.15) is 38.8 Å². The number of likely N-dealkylation sites (N-methyl/N-ethyl adjacent to an activating group) is 1. The highest BCUT2D eigenvalue weighted by molar-refractivity contribution is 6.30. The maximum Gasteiger partial charge on any atom is 0.338 e. The van der Waals surface area contributed by atoms with Crippen LogP contribution >= 0.6 is 11.6 Å². The minimum absolute atomic E-state index is 0.0742. The number of hydrogen-bond acceptors (Lipinski definition) is 2. The van der Waals surface area contributed by atoms with E-state index in [1.807, 2.05) is 6.92 Å². The van der Waals surface area contributed by atoms with Crippen LogP contribution in [0.1, 0.15) is 17.3 Å². The molecule has 0 radical (unpaired) electrons. The van der Waals surface area contributed by atoms with Gasteiger partial charge < -0.3 is 14.5 Å². The number of ether oxygens (including phenoxy) is 1. The fourth-order valence-corrected chi connectivity index (χ4v) is 2.74. The number of hydrogen-bond donors (Lipinski definition) is 2. The van der Waals surface area contributed by atoms with E-state index in [1.54, 1.807) is 29.2 Å². The van der Waals surface area contributed by atoms with Crippen molar-refractivity contribution in [2.24, 2.45) is 0 Å². The van der Waals surface area contributed by atoms with Crippen LogP contribution in [0.4, 0.5) is 0 Å². The molecule has 0 bridgehead atoms. The average molecular weight is 299 g/mol. The summed E-state index contributed by atoms with van der Waals surface area (Å²) in [6.45, 7) is 7.49. The molecule has 2 N–H and O–H groups in total. The van der Waals surface area contributed by atoms with Crippen LogP contribution < -0.4 is 9.80 Å². The maximum absolute atomic E-state index is 12.0. The highest BCUT2D eigenvalue weighted by Gasteiger charge is 2.23. The quantitative estimate of drug-likeness (QED) is 0.721. The molecule has 1 aromatic rings. The molecule has 0 aromatic heterocycles. The Morgan fingerprint density at radius 1 is 1.35 bits per heavy atom. The Morgan fingerprint density at radius 2 is 2.05 bits per heavy atom. The molecule has 1 unspecified atom stereocenters. The van der Waals surface area contributed by atoms with E-state index in [0.29, 0.717) is 10.6 Å². The Kier molecular flexibility index (Phi) is 5.40. The molecule has 1 saturated heterocycles. The zero-order valence-electron chi connectivity index (χ0n) is 12.1. The summed E-state index contributed by atoms with van der Waals surface area (Å²) in [7, 11) is 2.22. The summed E-state index contributed by atoms with van der Waals surface area (Å²) >= 11 is 5.88. The topological polar surface area (TPSA) is 35.2 Å². The van der Waals surface area contributed by atoms with Gasteiger partial charge in [-0.05, 0) is 25.1 Å². The van der Waals surface area contributed by atoms with E-state index in [9.17, 15) is 4.79 Å². The van der Waals surface area contributed by atoms with Crippen LogP contribution in [0.3, 0.4) is 0 Å². The second kappa shape index (κ2) is 7.07. The van der Waals surface area contributed by atoms with Crippen molar-refractivity contribution in [3.05, 3.63) is 34.9 Å². The first kappa shape index (κ1) is 15.3. The van der Waals surface area contributed by atoms with Gasteiger partial charge in [0.25, 0.3) is 0 Å². The number of halogens is 1. The van der Waals surface area contributed by atoms with Gasteiger partial charge in [-0.1, -0.05) is 17.7 Å². The number of carbonyl (C=O) groups excluding carboxylic acids is 1. The molecular weight excluding hydrogens is 276 g/mol. The second-order valence-electron chi connectivity index (χ2n) is 5.64. The number of quaternary nitrogens is 2. The van der Waals surface area contributed by atoms with Crippen LogP contribution in [-0.2, 0) is 4.74 Å². The molecule has 0 aliphatic carbocycles.